The third kappa shape index (κ3) is 4.89. The fraction of sp³-hybridized carbons (Fsp3) is 0.600. The number of aromatic nitrogens is 2. The summed E-state index contributed by atoms with van der Waals surface area (Å²) in [5.41, 5.74) is 1.18. The van der Waals surface area contributed by atoms with Gasteiger partial charge in [0.1, 0.15) is 0 Å². The number of hydrogen-bond donors (Lipinski definition) is 2. The molecule has 0 aliphatic heterocycles. The first kappa shape index (κ1) is 18.1. The highest BCUT2D eigenvalue weighted by Gasteiger charge is 2.28. The molecule has 5 heteroatoms. The van der Waals surface area contributed by atoms with Crippen molar-refractivity contribution in [2.24, 2.45) is 0 Å². The van der Waals surface area contributed by atoms with E-state index in [4.69, 9.17) is 4.52 Å². The Morgan fingerprint density at radius 1 is 1.20 bits per heavy atom. The first-order valence-electron chi connectivity index (χ1n) is 9.46. The predicted octanol–water partition coefficient (Wildman–Crippen LogP) is 3.24. The molecule has 1 aliphatic carbocycles. The number of aliphatic hydroxyl groups excluding tert-OH is 1. The molecule has 1 aliphatic rings. The van der Waals surface area contributed by atoms with Crippen molar-refractivity contribution in [2.75, 3.05) is 0 Å². The molecule has 25 heavy (non-hydrogen) atoms. The number of benzene rings is 1. The Bertz CT molecular complexity index is 635. The van der Waals surface area contributed by atoms with E-state index in [1.165, 1.54) is 5.56 Å². The molecule has 1 heterocycles. The van der Waals surface area contributed by atoms with E-state index in [1.54, 1.807) is 0 Å². The fourth-order valence-corrected chi connectivity index (χ4v) is 3.60. The standard InChI is InChI=1S/C20H29N3O2/c1-3-19-22-20(25-23-19)16-9-11-17(12-10-16)21-14(2)18(24)13-15-7-5-4-6-8-15/h4-8,14,16-18,21,24H,3,9-13H2,1-2H3. The Hall–Kier alpha value is -1.72. The topological polar surface area (TPSA) is 71.2 Å². The van der Waals surface area contributed by atoms with Crippen LogP contribution in [-0.4, -0.2) is 33.4 Å². The quantitative estimate of drug-likeness (QED) is 0.807. The van der Waals surface area contributed by atoms with Crippen molar-refractivity contribution in [3.63, 3.8) is 0 Å². The lowest BCUT2D eigenvalue weighted by molar-refractivity contribution is 0.122. The van der Waals surface area contributed by atoms with Crippen molar-refractivity contribution in [1.29, 1.82) is 0 Å². The highest BCUT2D eigenvalue weighted by Crippen LogP contribution is 2.32. The molecule has 0 bridgehead atoms. The molecule has 0 saturated heterocycles. The number of nitrogens with zero attached hydrogens (tertiary/aromatic N) is 2. The van der Waals surface area contributed by atoms with Crippen LogP contribution in [0.2, 0.25) is 0 Å². The SMILES string of the molecule is CCc1noc(C2CCC(NC(C)C(O)Cc3ccccc3)CC2)n1. The van der Waals surface area contributed by atoms with E-state index in [0.717, 1.165) is 43.8 Å². The number of aliphatic hydroxyl groups is 1. The third-order valence-corrected chi connectivity index (χ3v) is 5.24. The van der Waals surface area contributed by atoms with Crippen molar-refractivity contribution >= 4 is 0 Å². The molecule has 2 aromatic rings. The molecule has 2 atom stereocenters. The molecule has 5 nitrogen and oxygen atoms in total. The van der Waals surface area contributed by atoms with Gasteiger partial charge >= 0.3 is 0 Å². The Labute approximate surface area is 149 Å². The maximum atomic E-state index is 10.5. The van der Waals surface area contributed by atoms with Crippen LogP contribution < -0.4 is 5.32 Å². The van der Waals surface area contributed by atoms with E-state index in [0.29, 0.717) is 18.4 Å². The summed E-state index contributed by atoms with van der Waals surface area (Å²) in [6.07, 6.45) is 5.41. The maximum Gasteiger partial charge on any atom is 0.229 e. The Morgan fingerprint density at radius 3 is 2.56 bits per heavy atom. The molecule has 2 N–H and O–H groups in total. The van der Waals surface area contributed by atoms with Crippen LogP contribution in [-0.2, 0) is 12.8 Å². The van der Waals surface area contributed by atoms with Crippen molar-refractivity contribution in [2.45, 2.75) is 76.5 Å². The average molecular weight is 343 g/mol. The summed E-state index contributed by atoms with van der Waals surface area (Å²) < 4.78 is 5.39. The van der Waals surface area contributed by atoms with Crippen LogP contribution in [0.3, 0.4) is 0 Å². The van der Waals surface area contributed by atoms with Gasteiger partial charge in [-0.2, -0.15) is 4.98 Å². The number of aryl methyl sites for hydroxylation is 1. The minimum atomic E-state index is -0.372. The molecule has 136 valence electrons. The summed E-state index contributed by atoms with van der Waals surface area (Å²) in [7, 11) is 0. The van der Waals surface area contributed by atoms with Gasteiger partial charge in [0.15, 0.2) is 5.82 Å². The molecule has 2 unspecified atom stereocenters. The normalized spacial score (nSPS) is 23.3. The first-order chi connectivity index (χ1) is 12.2. The zero-order valence-corrected chi connectivity index (χ0v) is 15.2. The van der Waals surface area contributed by atoms with E-state index in [2.05, 4.69) is 34.5 Å². The van der Waals surface area contributed by atoms with Gasteiger partial charge in [0.05, 0.1) is 6.10 Å². The zero-order chi connectivity index (χ0) is 17.6. The van der Waals surface area contributed by atoms with Gasteiger partial charge < -0.3 is 14.9 Å². The molecule has 1 aromatic carbocycles. The minimum absolute atomic E-state index is 0.0804. The predicted molar refractivity (Wildman–Crippen MR) is 97.4 cm³/mol. The Balaban J connectivity index is 1.45. The number of rotatable bonds is 7. The monoisotopic (exact) mass is 343 g/mol. The maximum absolute atomic E-state index is 10.5. The van der Waals surface area contributed by atoms with Crippen LogP contribution in [0.15, 0.2) is 34.9 Å². The van der Waals surface area contributed by atoms with Crippen molar-refractivity contribution in [3.8, 4) is 0 Å². The average Bonchev–Trinajstić information content (AvgIpc) is 3.12. The minimum Gasteiger partial charge on any atom is -0.391 e. The summed E-state index contributed by atoms with van der Waals surface area (Å²) >= 11 is 0. The van der Waals surface area contributed by atoms with Crippen LogP contribution in [0.4, 0.5) is 0 Å². The molecule has 1 fully saturated rings. The molecule has 1 aromatic heterocycles. The van der Waals surface area contributed by atoms with Crippen LogP contribution in [0.5, 0.6) is 0 Å². The second-order valence-electron chi connectivity index (χ2n) is 7.16. The van der Waals surface area contributed by atoms with Crippen molar-refractivity contribution in [1.82, 2.24) is 15.5 Å². The summed E-state index contributed by atoms with van der Waals surface area (Å²) in [4.78, 5) is 4.48. The summed E-state index contributed by atoms with van der Waals surface area (Å²) in [6, 6.07) is 10.7. The summed E-state index contributed by atoms with van der Waals surface area (Å²) in [5.74, 6) is 1.98. The lowest BCUT2D eigenvalue weighted by Gasteiger charge is -2.31. The molecule has 0 spiro atoms. The molecule has 0 radical (unpaired) electrons. The van der Waals surface area contributed by atoms with Crippen LogP contribution in [0, 0.1) is 0 Å². The molecule has 1 saturated carbocycles. The van der Waals surface area contributed by atoms with Crippen LogP contribution >= 0.6 is 0 Å². The van der Waals surface area contributed by atoms with Gasteiger partial charge in [-0.05, 0) is 44.6 Å². The van der Waals surface area contributed by atoms with Gasteiger partial charge in [-0.3, -0.25) is 0 Å². The van der Waals surface area contributed by atoms with Gasteiger partial charge in [0.25, 0.3) is 0 Å². The van der Waals surface area contributed by atoms with E-state index < -0.39 is 0 Å². The highest BCUT2D eigenvalue weighted by molar-refractivity contribution is 5.15. The van der Waals surface area contributed by atoms with E-state index >= 15 is 0 Å². The van der Waals surface area contributed by atoms with Gasteiger partial charge in [-0.15, -0.1) is 0 Å². The van der Waals surface area contributed by atoms with Crippen LogP contribution in [0.1, 0.15) is 62.7 Å². The fourth-order valence-electron chi connectivity index (χ4n) is 3.60. The van der Waals surface area contributed by atoms with Gasteiger partial charge in [0.2, 0.25) is 5.89 Å². The Morgan fingerprint density at radius 2 is 1.92 bits per heavy atom. The number of hydrogen-bond acceptors (Lipinski definition) is 5. The van der Waals surface area contributed by atoms with Crippen molar-refractivity contribution in [3.05, 3.63) is 47.6 Å². The van der Waals surface area contributed by atoms with Gasteiger partial charge in [-0.25, -0.2) is 0 Å². The largest absolute Gasteiger partial charge is 0.391 e. The van der Waals surface area contributed by atoms with E-state index in [9.17, 15) is 5.11 Å². The van der Waals surface area contributed by atoms with E-state index in [1.807, 2.05) is 25.1 Å². The first-order valence-corrected chi connectivity index (χ1v) is 9.46. The summed E-state index contributed by atoms with van der Waals surface area (Å²) in [6.45, 7) is 4.11. The summed E-state index contributed by atoms with van der Waals surface area (Å²) in [5, 5.41) is 18.1. The Kier molecular flexibility index (Phi) is 6.21. The van der Waals surface area contributed by atoms with E-state index in [-0.39, 0.29) is 12.1 Å². The number of nitrogens with one attached hydrogen (secondary N) is 1. The zero-order valence-electron chi connectivity index (χ0n) is 15.2. The molecular formula is C20H29N3O2. The molecule has 3 rings (SSSR count). The smallest absolute Gasteiger partial charge is 0.229 e. The van der Waals surface area contributed by atoms with Gasteiger partial charge in [-0.1, -0.05) is 42.4 Å². The molecular weight excluding hydrogens is 314 g/mol. The lowest BCUT2D eigenvalue weighted by atomic mass is 9.85. The van der Waals surface area contributed by atoms with Gasteiger partial charge in [0, 0.05) is 24.4 Å². The third-order valence-electron chi connectivity index (χ3n) is 5.24. The van der Waals surface area contributed by atoms with Crippen molar-refractivity contribution < 1.29 is 9.63 Å². The second kappa shape index (κ2) is 8.59. The van der Waals surface area contributed by atoms with Crippen LogP contribution in [0.25, 0.3) is 0 Å². The molecule has 0 amide bonds. The lowest BCUT2D eigenvalue weighted by Crippen LogP contribution is -2.45. The second-order valence-corrected chi connectivity index (χ2v) is 7.16. The highest BCUT2D eigenvalue weighted by atomic mass is 16.5.